The Kier molecular flexibility index (Phi) is 3.68. The smallest absolute Gasteiger partial charge is 0.251 e. The summed E-state index contributed by atoms with van der Waals surface area (Å²) >= 11 is 0. The van der Waals surface area contributed by atoms with Crippen LogP contribution < -0.4 is 14.8 Å². The number of aryl methyl sites for hydroxylation is 1. The first-order valence-electron chi connectivity index (χ1n) is 9.20. The number of nitrogens with zero attached hydrogens (tertiary/aromatic N) is 7. The second-order valence-electron chi connectivity index (χ2n) is 7.13. The van der Waals surface area contributed by atoms with Gasteiger partial charge in [0.1, 0.15) is 18.0 Å². The molecule has 1 fully saturated rings. The van der Waals surface area contributed by atoms with Crippen LogP contribution in [0.4, 0.5) is 11.6 Å². The maximum Gasteiger partial charge on any atom is 0.251 e. The summed E-state index contributed by atoms with van der Waals surface area (Å²) in [6.07, 6.45) is 1.64. The van der Waals surface area contributed by atoms with E-state index in [1.165, 1.54) is 0 Å². The van der Waals surface area contributed by atoms with Gasteiger partial charge in [0.25, 0.3) is 5.95 Å². The molecule has 0 spiro atoms. The summed E-state index contributed by atoms with van der Waals surface area (Å²) in [4.78, 5) is 0. The summed E-state index contributed by atoms with van der Waals surface area (Å²) in [5.41, 5.74) is 3.85. The molecule has 2 aliphatic rings. The lowest BCUT2D eigenvalue weighted by Crippen LogP contribution is -2.46. The van der Waals surface area contributed by atoms with Crippen LogP contribution in [0.1, 0.15) is 17.2 Å². The van der Waals surface area contributed by atoms with Gasteiger partial charge in [-0.2, -0.15) is 10.5 Å². The zero-order chi connectivity index (χ0) is 20.1. The molecule has 3 atom stereocenters. The van der Waals surface area contributed by atoms with Crippen molar-refractivity contribution in [3.63, 3.8) is 0 Å². The summed E-state index contributed by atoms with van der Waals surface area (Å²) in [6, 6.07) is 17.4. The fraction of sp³-hybridized carbons (Fsp3) is 0.238. The molecule has 1 aromatic heterocycles. The number of nitriles is 2. The number of anilines is 2. The third-order valence-corrected chi connectivity index (χ3v) is 5.55. The van der Waals surface area contributed by atoms with Crippen molar-refractivity contribution in [2.45, 2.75) is 19.0 Å². The third-order valence-electron chi connectivity index (χ3n) is 5.55. The molecule has 0 aliphatic carbocycles. The zero-order valence-corrected chi connectivity index (χ0v) is 15.9. The van der Waals surface area contributed by atoms with E-state index in [-0.39, 0.29) is 6.04 Å². The molecule has 2 aromatic carbocycles. The number of hydrogen-bond acceptors (Lipinski definition) is 7. The predicted molar refractivity (Wildman–Crippen MR) is 105 cm³/mol. The molecule has 142 valence electrons. The van der Waals surface area contributed by atoms with E-state index < -0.39 is 12.0 Å². The monoisotopic (exact) mass is 383 g/mol. The minimum Gasteiger partial charge on any atom is -0.497 e. The van der Waals surface area contributed by atoms with Gasteiger partial charge in [-0.05, 0) is 42.3 Å². The van der Waals surface area contributed by atoms with Crippen molar-refractivity contribution in [1.82, 2.24) is 14.8 Å². The predicted octanol–water partition coefficient (Wildman–Crippen LogP) is 2.91. The van der Waals surface area contributed by atoms with Crippen molar-refractivity contribution in [3.8, 4) is 23.6 Å². The Morgan fingerprint density at radius 1 is 1.00 bits per heavy atom. The van der Waals surface area contributed by atoms with Crippen LogP contribution in [0.15, 0.2) is 48.8 Å². The topological polar surface area (TPSA) is 94.0 Å². The number of rotatable bonds is 2. The molecular formula is C21H17N7O. The Morgan fingerprint density at radius 2 is 1.79 bits per heavy atom. The molecule has 0 unspecified atom stereocenters. The number of ether oxygens (including phenoxy) is 1. The van der Waals surface area contributed by atoms with Crippen LogP contribution in [-0.4, -0.2) is 27.9 Å². The second kappa shape index (κ2) is 6.25. The van der Waals surface area contributed by atoms with E-state index in [0.717, 1.165) is 28.3 Å². The molecule has 0 radical (unpaired) electrons. The van der Waals surface area contributed by atoms with E-state index in [9.17, 15) is 10.5 Å². The highest BCUT2D eigenvalue weighted by Crippen LogP contribution is 2.50. The van der Waals surface area contributed by atoms with Crippen LogP contribution in [0.3, 0.4) is 0 Å². The molecule has 1 saturated heterocycles. The lowest BCUT2D eigenvalue weighted by atomic mass is 9.90. The van der Waals surface area contributed by atoms with Crippen LogP contribution in [0, 0.1) is 35.5 Å². The van der Waals surface area contributed by atoms with Gasteiger partial charge in [0.2, 0.25) is 0 Å². The minimum atomic E-state index is -0.691. The molecule has 3 heterocycles. The van der Waals surface area contributed by atoms with Gasteiger partial charge in [-0.15, -0.1) is 10.2 Å². The normalized spacial score (nSPS) is 21.6. The molecule has 8 nitrogen and oxygen atoms in total. The van der Waals surface area contributed by atoms with Gasteiger partial charge < -0.3 is 4.74 Å². The maximum atomic E-state index is 10.0. The van der Waals surface area contributed by atoms with Crippen molar-refractivity contribution in [2.75, 3.05) is 17.1 Å². The van der Waals surface area contributed by atoms with Gasteiger partial charge in [0.15, 0.2) is 6.04 Å². The van der Waals surface area contributed by atoms with Gasteiger partial charge in [0.05, 0.1) is 36.7 Å². The SMILES string of the molecule is COc1ccc([C@H]2[C@H](C#N)[C@H](C#N)N3c4nncn4-c4ccc(C)cc4N23)cc1. The fourth-order valence-corrected chi connectivity index (χ4v) is 4.23. The summed E-state index contributed by atoms with van der Waals surface area (Å²) in [7, 11) is 1.62. The standard InChI is InChI=1S/C21H17N7O/c1-13-3-8-17-18(9-13)27-20(14-4-6-15(29-2)7-5-14)16(10-22)19(11-23)28(27)21-25-24-12-26(17)21/h3-9,12,16,19-20H,1-2H3/t16-,19+,20+/m1/s1. The molecule has 3 aromatic rings. The average molecular weight is 383 g/mol. The van der Waals surface area contributed by atoms with Crippen LogP contribution in [0.25, 0.3) is 5.69 Å². The number of aromatic nitrogens is 3. The molecule has 5 rings (SSSR count). The number of fused-ring (bicyclic) bond motifs is 6. The van der Waals surface area contributed by atoms with Gasteiger partial charge in [-0.3, -0.25) is 9.58 Å². The Morgan fingerprint density at radius 3 is 2.48 bits per heavy atom. The van der Waals surface area contributed by atoms with Gasteiger partial charge >= 0.3 is 0 Å². The Balaban J connectivity index is 1.76. The molecule has 0 saturated carbocycles. The van der Waals surface area contributed by atoms with E-state index in [0.29, 0.717) is 5.95 Å². The van der Waals surface area contributed by atoms with E-state index in [1.54, 1.807) is 18.4 Å². The second-order valence-corrected chi connectivity index (χ2v) is 7.13. The minimum absolute atomic E-state index is 0.346. The molecule has 29 heavy (non-hydrogen) atoms. The summed E-state index contributed by atoms with van der Waals surface area (Å²) in [5.74, 6) is 0.692. The molecule has 0 amide bonds. The van der Waals surface area contributed by atoms with Crippen LogP contribution in [0.2, 0.25) is 0 Å². The molecule has 8 heteroatoms. The Bertz CT molecular complexity index is 1170. The molecule has 0 bridgehead atoms. The van der Waals surface area contributed by atoms with Crippen molar-refractivity contribution < 1.29 is 4.74 Å². The van der Waals surface area contributed by atoms with Gasteiger partial charge in [-0.1, -0.05) is 18.2 Å². The Hall–Kier alpha value is -4.04. The molecule has 0 N–H and O–H groups in total. The van der Waals surface area contributed by atoms with Crippen LogP contribution in [-0.2, 0) is 0 Å². The first-order chi connectivity index (χ1) is 14.2. The lowest BCUT2D eigenvalue weighted by Gasteiger charge is -2.40. The van der Waals surface area contributed by atoms with Crippen molar-refractivity contribution >= 4 is 11.6 Å². The van der Waals surface area contributed by atoms with Crippen LogP contribution >= 0.6 is 0 Å². The highest BCUT2D eigenvalue weighted by Gasteiger charge is 2.53. The third kappa shape index (κ3) is 2.29. The summed E-state index contributed by atoms with van der Waals surface area (Å²) in [5, 5.41) is 32.1. The number of hydrazine groups is 1. The summed E-state index contributed by atoms with van der Waals surface area (Å²) in [6.45, 7) is 2.02. The van der Waals surface area contributed by atoms with Crippen molar-refractivity contribution in [1.29, 1.82) is 10.5 Å². The highest BCUT2D eigenvalue weighted by molar-refractivity contribution is 5.75. The fourth-order valence-electron chi connectivity index (χ4n) is 4.23. The van der Waals surface area contributed by atoms with Crippen molar-refractivity contribution in [3.05, 3.63) is 59.9 Å². The molecule has 2 aliphatic heterocycles. The van der Waals surface area contributed by atoms with E-state index >= 15 is 0 Å². The highest BCUT2D eigenvalue weighted by atomic mass is 16.5. The van der Waals surface area contributed by atoms with E-state index in [4.69, 9.17) is 4.74 Å². The average Bonchev–Trinajstić information content (AvgIpc) is 3.36. The van der Waals surface area contributed by atoms with E-state index in [2.05, 4.69) is 28.4 Å². The number of hydrogen-bond donors (Lipinski definition) is 0. The quantitative estimate of drug-likeness (QED) is 0.671. The van der Waals surface area contributed by atoms with Crippen LogP contribution in [0.5, 0.6) is 5.75 Å². The largest absolute Gasteiger partial charge is 0.497 e. The first kappa shape index (κ1) is 17.1. The Labute approximate surface area is 167 Å². The summed E-state index contributed by atoms with van der Waals surface area (Å²) < 4.78 is 7.14. The lowest BCUT2D eigenvalue weighted by molar-refractivity contribution is 0.414. The van der Waals surface area contributed by atoms with Crippen molar-refractivity contribution in [2.24, 2.45) is 5.92 Å². The zero-order valence-electron chi connectivity index (χ0n) is 15.9. The first-order valence-corrected chi connectivity index (χ1v) is 9.20. The van der Waals surface area contributed by atoms with E-state index in [1.807, 2.05) is 52.9 Å². The number of methoxy groups -OCH3 is 1. The van der Waals surface area contributed by atoms with Gasteiger partial charge in [0, 0.05) is 0 Å². The maximum absolute atomic E-state index is 10.0. The molecular weight excluding hydrogens is 366 g/mol. The van der Waals surface area contributed by atoms with Gasteiger partial charge in [-0.25, -0.2) is 5.01 Å². The number of benzene rings is 2.